The zero-order valence-electron chi connectivity index (χ0n) is 11.3. The Balaban J connectivity index is 2.54. The Bertz CT molecular complexity index is 365. The van der Waals surface area contributed by atoms with Crippen molar-refractivity contribution in [2.24, 2.45) is 0 Å². The summed E-state index contributed by atoms with van der Waals surface area (Å²) < 4.78 is 5.22. The third-order valence-corrected chi connectivity index (χ3v) is 2.49. The summed E-state index contributed by atoms with van der Waals surface area (Å²) in [5.74, 6) is -0.0854. The molecule has 0 atom stereocenters. The maximum absolute atomic E-state index is 12.0. The topological polar surface area (TPSA) is 54.5 Å². The van der Waals surface area contributed by atoms with Gasteiger partial charge in [-0.1, -0.05) is 0 Å². The number of anilines is 1. The zero-order chi connectivity index (χ0) is 13.4. The van der Waals surface area contributed by atoms with Crippen LogP contribution in [-0.2, 0) is 4.74 Å². The Kier molecular flexibility index (Phi) is 6.14. The van der Waals surface area contributed by atoms with Gasteiger partial charge < -0.3 is 15.0 Å². The molecule has 0 aliphatic rings. The second-order valence-corrected chi connectivity index (χ2v) is 3.89. The standard InChI is InChI=1S/C13H21N3O2/c1-4-14-11-6-7-12(15-10-11)13(17)16(3)8-9-18-5-2/h6-7,10,14H,4-5,8-9H2,1-3H3. The largest absolute Gasteiger partial charge is 0.384 e. The van der Waals surface area contributed by atoms with Gasteiger partial charge in [0.05, 0.1) is 18.5 Å². The van der Waals surface area contributed by atoms with Crippen molar-refractivity contribution in [3.63, 3.8) is 0 Å². The highest BCUT2D eigenvalue weighted by Crippen LogP contribution is 2.07. The number of rotatable bonds is 7. The molecule has 0 spiro atoms. The van der Waals surface area contributed by atoms with Gasteiger partial charge in [-0.15, -0.1) is 0 Å². The molecule has 18 heavy (non-hydrogen) atoms. The molecule has 1 N–H and O–H groups in total. The minimum atomic E-state index is -0.0854. The van der Waals surface area contributed by atoms with E-state index >= 15 is 0 Å². The van der Waals surface area contributed by atoms with E-state index in [1.54, 1.807) is 24.2 Å². The number of ether oxygens (including phenoxy) is 1. The summed E-state index contributed by atoms with van der Waals surface area (Å²) in [5.41, 5.74) is 1.38. The summed E-state index contributed by atoms with van der Waals surface area (Å²) in [4.78, 5) is 17.8. The van der Waals surface area contributed by atoms with E-state index in [0.717, 1.165) is 12.2 Å². The number of hydrogen-bond acceptors (Lipinski definition) is 4. The molecule has 0 aliphatic carbocycles. The SMILES string of the molecule is CCNc1ccc(C(=O)N(C)CCOCC)nc1. The fourth-order valence-corrected chi connectivity index (χ4v) is 1.47. The lowest BCUT2D eigenvalue weighted by Gasteiger charge is -2.16. The molecular weight excluding hydrogens is 230 g/mol. The van der Waals surface area contributed by atoms with Crippen molar-refractivity contribution in [1.29, 1.82) is 0 Å². The van der Waals surface area contributed by atoms with Crippen molar-refractivity contribution in [1.82, 2.24) is 9.88 Å². The normalized spacial score (nSPS) is 10.2. The van der Waals surface area contributed by atoms with Crippen LogP contribution in [0.15, 0.2) is 18.3 Å². The van der Waals surface area contributed by atoms with Gasteiger partial charge in [-0.25, -0.2) is 4.98 Å². The van der Waals surface area contributed by atoms with Gasteiger partial charge in [-0.3, -0.25) is 4.79 Å². The highest BCUT2D eigenvalue weighted by molar-refractivity contribution is 5.92. The van der Waals surface area contributed by atoms with Gasteiger partial charge in [0.2, 0.25) is 0 Å². The number of carbonyl (C=O) groups is 1. The fourth-order valence-electron chi connectivity index (χ4n) is 1.47. The molecular formula is C13H21N3O2. The van der Waals surface area contributed by atoms with E-state index in [1.807, 2.05) is 19.9 Å². The van der Waals surface area contributed by atoms with Crippen LogP contribution in [0.4, 0.5) is 5.69 Å². The van der Waals surface area contributed by atoms with E-state index in [-0.39, 0.29) is 5.91 Å². The van der Waals surface area contributed by atoms with Crippen LogP contribution in [0.3, 0.4) is 0 Å². The van der Waals surface area contributed by atoms with Crippen LogP contribution < -0.4 is 5.32 Å². The van der Waals surface area contributed by atoms with E-state index < -0.39 is 0 Å². The summed E-state index contributed by atoms with van der Waals surface area (Å²) in [5, 5.41) is 3.14. The molecule has 1 rings (SSSR count). The smallest absolute Gasteiger partial charge is 0.272 e. The van der Waals surface area contributed by atoms with Crippen molar-refractivity contribution in [3.8, 4) is 0 Å². The van der Waals surface area contributed by atoms with Gasteiger partial charge in [0.1, 0.15) is 5.69 Å². The van der Waals surface area contributed by atoms with Crippen molar-refractivity contribution in [2.75, 3.05) is 38.7 Å². The molecule has 5 nitrogen and oxygen atoms in total. The van der Waals surface area contributed by atoms with Crippen LogP contribution in [0.25, 0.3) is 0 Å². The first kappa shape index (κ1) is 14.4. The van der Waals surface area contributed by atoms with Gasteiger partial charge >= 0.3 is 0 Å². The second-order valence-electron chi connectivity index (χ2n) is 3.89. The highest BCUT2D eigenvalue weighted by atomic mass is 16.5. The number of likely N-dealkylation sites (N-methyl/N-ethyl adjacent to an activating group) is 1. The Hall–Kier alpha value is -1.62. The number of carbonyl (C=O) groups excluding carboxylic acids is 1. The monoisotopic (exact) mass is 251 g/mol. The summed E-state index contributed by atoms with van der Waals surface area (Å²) in [7, 11) is 1.75. The van der Waals surface area contributed by atoms with Gasteiger partial charge in [-0.2, -0.15) is 0 Å². The molecule has 1 amide bonds. The Morgan fingerprint density at radius 1 is 1.44 bits per heavy atom. The van der Waals surface area contributed by atoms with E-state index in [1.165, 1.54) is 0 Å². The molecule has 100 valence electrons. The second kappa shape index (κ2) is 7.66. The lowest BCUT2D eigenvalue weighted by Crippen LogP contribution is -2.30. The molecule has 0 aliphatic heterocycles. The average Bonchev–Trinajstić information content (AvgIpc) is 2.39. The molecule has 0 saturated heterocycles. The maximum atomic E-state index is 12.0. The summed E-state index contributed by atoms with van der Waals surface area (Å²) >= 11 is 0. The molecule has 1 heterocycles. The summed E-state index contributed by atoms with van der Waals surface area (Å²) in [6.45, 7) is 6.57. The average molecular weight is 251 g/mol. The lowest BCUT2D eigenvalue weighted by molar-refractivity contribution is 0.0704. The number of aromatic nitrogens is 1. The summed E-state index contributed by atoms with van der Waals surface area (Å²) in [6.07, 6.45) is 1.67. The first-order valence-corrected chi connectivity index (χ1v) is 6.22. The van der Waals surface area contributed by atoms with Crippen molar-refractivity contribution in [2.45, 2.75) is 13.8 Å². The predicted octanol–water partition coefficient (Wildman–Crippen LogP) is 1.62. The first-order valence-electron chi connectivity index (χ1n) is 6.22. The third kappa shape index (κ3) is 4.33. The number of amides is 1. The summed E-state index contributed by atoms with van der Waals surface area (Å²) in [6, 6.07) is 3.59. The van der Waals surface area contributed by atoms with E-state index in [0.29, 0.717) is 25.5 Å². The van der Waals surface area contributed by atoms with E-state index in [2.05, 4.69) is 10.3 Å². The molecule has 0 fully saturated rings. The van der Waals surface area contributed by atoms with Gasteiger partial charge in [0.15, 0.2) is 0 Å². The zero-order valence-corrected chi connectivity index (χ0v) is 11.3. The Morgan fingerprint density at radius 3 is 2.78 bits per heavy atom. The Morgan fingerprint density at radius 2 is 2.22 bits per heavy atom. The minimum absolute atomic E-state index is 0.0854. The van der Waals surface area contributed by atoms with Crippen LogP contribution in [0, 0.1) is 0 Å². The van der Waals surface area contributed by atoms with Gasteiger partial charge in [0.25, 0.3) is 5.91 Å². The van der Waals surface area contributed by atoms with E-state index in [4.69, 9.17) is 4.74 Å². The van der Waals surface area contributed by atoms with Crippen LogP contribution in [0.2, 0.25) is 0 Å². The fraction of sp³-hybridized carbons (Fsp3) is 0.538. The molecule has 0 bridgehead atoms. The number of hydrogen-bond donors (Lipinski definition) is 1. The van der Waals surface area contributed by atoms with Gasteiger partial charge in [-0.05, 0) is 26.0 Å². The molecule has 0 saturated carbocycles. The Labute approximate surface area is 108 Å². The minimum Gasteiger partial charge on any atom is -0.384 e. The maximum Gasteiger partial charge on any atom is 0.272 e. The molecule has 1 aromatic heterocycles. The number of pyridine rings is 1. The molecule has 0 unspecified atom stereocenters. The molecule has 0 radical (unpaired) electrons. The van der Waals surface area contributed by atoms with E-state index in [9.17, 15) is 4.79 Å². The lowest BCUT2D eigenvalue weighted by atomic mass is 10.3. The number of nitrogens with one attached hydrogen (secondary N) is 1. The van der Waals surface area contributed by atoms with Crippen LogP contribution in [0.1, 0.15) is 24.3 Å². The quantitative estimate of drug-likeness (QED) is 0.748. The van der Waals surface area contributed by atoms with Crippen LogP contribution in [0.5, 0.6) is 0 Å². The van der Waals surface area contributed by atoms with Crippen LogP contribution >= 0.6 is 0 Å². The molecule has 5 heteroatoms. The van der Waals surface area contributed by atoms with Gasteiger partial charge in [0, 0.05) is 26.7 Å². The predicted molar refractivity (Wildman–Crippen MR) is 71.9 cm³/mol. The molecule has 0 aromatic carbocycles. The van der Waals surface area contributed by atoms with Crippen molar-refractivity contribution >= 4 is 11.6 Å². The highest BCUT2D eigenvalue weighted by Gasteiger charge is 2.12. The molecule has 1 aromatic rings. The van der Waals surface area contributed by atoms with Crippen LogP contribution in [-0.4, -0.2) is 49.1 Å². The number of nitrogens with zero attached hydrogens (tertiary/aromatic N) is 2. The third-order valence-electron chi connectivity index (χ3n) is 2.49. The first-order chi connectivity index (χ1) is 8.69. The van der Waals surface area contributed by atoms with Crippen molar-refractivity contribution < 1.29 is 9.53 Å². The van der Waals surface area contributed by atoms with Crippen molar-refractivity contribution in [3.05, 3.63) is 24.0 Å².